The molecule has 0 unspecified atom stereocenters. The number of likely N-dealkylation sites (tertiary alicyclic amines) is 1. The Hall–Kier alpha value is -1.35. The molecule has 1 amide bonds. The summed E-state index contributed by atoms with van der Waals surface area (Å²) in [6, 6.07) is 8.43. The zero-order chi connectivity index (χ0) is 13.9. The van der Waals surface area contributed by atoms with Gasteiger partial charge >= 0.3 is 0 Å². The van der Waals surface area contributed by atoms with Crippen molar-refractivity contribution >= 4 is 5.91 Å². The average molecular weight is 273 g/mol. The first-order chi connectivity index (χ1) is 9.72. The Morgan fingerprint density at radius 3 is 2.95 bits per heavy atom. The molecule has 1 aromatic rings. The van der Waals surface area contributed by atoms with Gasteiger partial charge in [0.15, 0.2) is 0 Å². The molecule has 1 heterocycles. The number of amides is 1. The molecule has 20 heavy (non-hydrogen) atoms. The van der Waals surface area contributed by atoms with Gasteiger partial charge in [-0.25, -0.2) is 0 Å². The smallest absolute Gasteiger partial charge is 0.225 e. The number of carbonyl (C=O) groups excluding carboxylic acids is 1. The molecule has 1 aromatic carbocycles. The van der Waals surface area contributed by atoms with E-state index in [1.165, 1.54) is 11.1 Å². The number of hydrogen-bond acceptors (Lipinski definition) is 2. The molecule has 1 aliphatic heterocycles. The standard InChI is InChI=1S/C17H23NO2/c1-13-4-2-5-14(10-13)12-20-16-6-3-9-18(11-16)17(19)15-7-8-15/h2,4-5,10,15-16H,3,6-9,11-12H2,1H3/t16-/m1/s1. The van der Waals surface area contributed by atoms with Gasteiger partial charge in [0.05, 0.1) is 12.7 Å². The van der Waals surface area contributed by atoms with Crippen LogP contribution in [-0.2, 0) is 16.1 Å². The van der Waals surface area contributed by atoms with Crippen molar-refractivity contribution in [1.82, 2.24) is 4.90 Å². The zero-order valence-electron chi connectivity index (χ0n) is 12.2. The highest BCUT2D eigenvalue weighted by Crippen LogP contribution is 2.32. The lowest BCUT2D eigenvalue weighted by Gasteiger charge is -2.33. The fraction of sp³-hybridized carbons (Fsp3) is 0.588. The minimum absolute atomic E-state index is 0.201. The number of nitrogens with zero attached hydrogens (tertiary/aromatic N) is 1. The lowest BCUT2D eigenvalue weighted by molar-refractivity contribution is -0.137. The van der Waals surface area contributed by atoms with Crippen molar-refractivity contribution in [2.45, 2.75) is 45.3 Å². The van der Waals surface area contributed by atoms with Crippen molar-refractivity contribution in [3.63, 3.8) is 0 Å². The fourth-order valence-electron chi connectivity index (χ4n) is 2.88. The van der Waals surface area contributed by atoms with Crippen molar-refractivity contribution < 1.29 is 9.53 Å². The van der Waals surface area contributed by atoms with Crippen LogP contribution in [0, 0.1) is 12.8 Å². The van der Waals surface area contributed by atoms with Gasteiger partial charge in [0.25, 0.3) is 0 Å². The van der Waals surface area contributed by atoms with E-state index in [1.807, 2.05) is 4.90 Å². The summed E-state index contributed by atoms with van der Waals surface area (Å²) < 4.78 is 6.01. The average Bonchev–Trinajstić information content (AvgIpc) is 3.29. The summed E-state index contributed by atoms with van der Waals surface area (Å²) >= 11 is 0. The van der Waals surface area contributed by atoms with Gasteiger partial charge in [-0.1, -0.05) is 29.8 Å². The van der Waals surface area contributed by atoms with Crippen molar-refractivity contribution in [2.24, 2.45) is 5.92 Å². The van der Waals surface area contributed by atoms with Crippen LogP contribution < -0.4 is 0 Å². The molecule has 2 fully saturated rings. The zero-order valence-corrected chi connectivity index (χ0v) is 12.2. The maximum Gasteiger partial charge on any atom is 0.225 e. The molecular formula is C17H23NO2. The van der Waals surface area contributed by atoms with Gasteiger partial charge < -0.3 is 9.64 Å². The SMILES string of the molecule is Cc1cccc(CO[C@@H]2CCCN(C(=O)C3CC3)C2)c1. The summed E-state index contributed by atoms with van der Waals surface area (Å²) in [7, 11) is 0. The van der Waals surface area contributed by atoms with E-state index in [4.69, 9.17) is 4.74 Å². The number of piperidine rings is 1. The Labute approximate surface area is 120 Å². The molecule has 0 aromatic heterocycles. The summed E-state index contributed by atoms with van der Waals surface area (Å²) in [5.74, 6) is 0.680. The predicted molar refractivity (Wildman–Crippen MR) is 78.3 cm³/mol. The topological polar surface area (TPSA) is 29.5 Å². The highest BCUT2D eigenvalue weighted by Gasteiger charge is 2.35. The van der Waals surface area contributed by atoms with Crippen molar-refractivity contribution in [3.05, 3.63) is 35.4 Å². The van der Waals surface area contributed by atoms with E-state index in [9.17, 15) is 4.79 Å². The Bertz CT molecular complexity index is 482. The van der Waals surface area contributed by atoms with Crippen LogP contribution in [0.5, 0.6) is 0 Å². The molecular weight excluding hydrogens is 250 g/mol. The van der Waals surface area contributed by atoms with Gasteiger partial charge in [-0.3, -0.25) is 4.79 Å². The van der Waals surface area contributed by atoms with E-state index in [2.05, 4.69) is 31.2 Å². The normalized spacial score (nSPS) is 22.9. The third-order valence-electron chi connectivity index (χ3n) is 4.18. The Kier molecular flexibility index (Phi) is 4.06. The molecule has 3 heteroatoms. The van der Waals surface area contributed by atoms with Gasteiger partial charge in [0.1, 0.15) is 0 Å². The van der Waals surface area contributed by atoms with Gasteiger partial charge in [0.2, 0.25) is 5.91 Å². The quantitative estimate of drug-likeness (QED) is 0.844. The second kappa shape index (κ2) is 5.96. The summed E-state index contributed by atoms with van der Waals surface area (Å²) in [6.07, 6.45) is 4.51. The Balaban J connectivity index is 1.51. The number of benzene rings is 1. The van der Waals surface area contributed by atoms with Crippen LogP contribution in [0.1, 0.15) is 36.8 Å². The van der Waals surface area contributed by atoms with Crippen LogP contribution in [0.15, 0.2) is 24.3 Å². The molecule has 2 aliphatic rings. The van der Waals surface area contributed by atoms with Crippen LogP contribution in [-0.4, -0.2) is 30.0 Å². The molecule has 1 saturated heterocycles. The first-order valence-electron chi connectivity index (χ1n) is 7.68. The molecule has 1 atom stereocenters. The van der Waals surface area contributed by atoms with Crippen molar-refractivity contribution in [3.8, 4) is 0 Å². The van der Waals surface area contributed by atoms with Crippen LogP contribution in [0.4, 0.5) is 0 Å². The molecule has 0 bridgehead atoms. The first kappa shape index (κ1) is 13.6. The number of aryl methyl sites for hydroxylation is 1. The molecule has 1 saturated carbocycles. The van der Waals surface area contributed by atoms with E-state index < -0.39 is 0 Å². The first-order valence-corrected chi connectivity index (χ1v) is 7.68. The number of carbonyl (C=O) groups is 1. The van der Waals surface area contributed by atoms with E-state index >= 15 is 0 Å². The Morgan fingerprint density at radius 1 is 1.35 bits per heavy atom. The van der Waals surface area contributed by atoms with Crippen LogP contribution in [0.3, 0.4) is 0 Å². The number of rotatable bonds is 4. The van der Waals surface area contributed by atoms with Gasteiger partial charge in [-0.2, -0.15) is 0 Å². The summed E-state index contributed by atoms with van der Waals surface area (Å²) in [5.41, 5.74) is 2.48. The maximum atomic E-state index is 12.1. The second-order valence-electron chi connectivity index (χ2n) is 6.12. The molecule has 108 valence electrons. The lowest BCUT2D eigenvalue weighted by atomic mass is 10.1. The van der Waals surface area contributed by atoms with Crippen molar-refractivity contribution in [2.75, 3.05) is 13.1 Å². The van der Waals surface area contributed by atoms with E-state index in [1.54, 1.807) is 0 Å². The third kappa shape index (κ3) is 3.40. The monoisotopic (exact) mass is 273 g/mol. The van der Waals surface area contributed by atoms with Gasteiger partial charge in [0, 0.05) is 19.0 Å². The summed E-state index contributed by atoms with van der Waals surface area (Å²) in [5, 5.41) is 0. The largest absolute Gasteiger partial charge is 0.372 e. The van der Waals surface area contributed by atoms with E-state index in [0.29, 0.717) is 18.4 Å². The Morgan fingerprint density at radius 2 is 2.20 bits per heavy atom. The molecule has 0 spiro atoms. The van der Waals surface area contributed by atoms with Crippen LogP contribution >= 0.6 is 0 Å². The molecule has 3 nitrogen and oxygen atoms in total. The van der Waals surface area contributed by atoms with Gasteiger partial charge in [-0.15, -0.1) is 0 Å². The molecule has 1 aliphatic carbocycles. The second-order valence-corrected chi connectivity index (χ2v) is 6.12. The predicted octanol–water partition coefficient (Wildman–Crippen LogP) is 2.91. The number of hydrogen-bond donors (Lipinski definition) is 0. The van der Waals surface area contributed by atoms with E-state index in [0.717, 1.165) is 38.8 Å². The molecule has 3 rings (SSSR count). The highest BCUT2D eigenvalue weighted by molar-refractivity contribution is 5.81. The minimum atomic E-state index is 0.201. The van der Waals surface area contributed by atoms with Crippen LogP contribution in [0.2, 0.25) is 0 Å². The summed E-state index contributed by atoms with van der Waals surface area (Å²) in [4.78, 5) is 14.1. The third-order valence-corrected chi connectivity index (χ3v) is 4.18. The maximum absolute atomic E-state index is 12.1. The van der Waals surface area contributed by atoms with Crippen molar-refractivity contribution in [1.29, 1.82) is 0 Å². The van der Waals surface area contributed by atoms with E-state index in [-0.39, 0.29) is 6.10 Å². The highest BCUT2D eigenvalue weighted by atomic mass is 16.5. The summed E-state index contributed by atoms with van der Waals surface area (Å²) in [6.45, 7) is 4.44. The van der Waals surface area contributed by atoms with Crippen LogP contribution in [0.25, 0.3) is 0 Å². The molecule has 0 radical (unpaired) electrons. The van der Waals surface area contributed by atoms with Gasteiger partial charge in [-0.05, 0) is 38.2 Å². The minimum Gasteiger partial charge on any atom is -0.372 e. The molecule has 0 N–H and O–H groups in total. The fourth-order valence-corrected chi connectivity index (χ4v) is 2.88. The number of ether oxygens (including phenoxy) is 1. The lowest BCUT2D eigenvalue weighted by Crippen LogP contribution is -2.43.